The molecule has 1 aliphatic rings. The SMILES string of the molecule is CC1CCC(C)N(Cc2ccc(C(=O)O)c(F)c2)C1. The van der Waals surface area contributed by atoms with E-state index >= 15 is 0 Å². The second-order valence-corrected chi connectivity index (χ2v) is 5.58. The van der Waals surface area contributed by atoms with Crippen LogP contribution in [0.25, 0.3) is 0 Å². The Labute approximate surface area is 113 Å². The zero-order chi connectivity index (χ0) is 14.0. The average molecular weight is 265 g/mol. The highest BCUT2D eigenvalue weighted by Gasteiger charge is 2.23. The predicted molar refractivity (Wildman–Crippen MR) is 71.6 cm³/mol. The Morgan fingerprint density at radius 1 is 1.42 bits per heavy atom. The normalized spacial score (nSPS) is 24.4. The van der Waals surface area contributed by atoms with E-state index in [0.717, 1.165) is 18.5 Å². The maximum atomic E-state index is 13.6. The van der Waals surface area contributed by atoms with Gasteiger partial charge in [0, 0.05) is 19.1 Å². The van der Waals surface area contributed by atoms with Crippen molar-refractivity contribution in [3.05, 3.63) is 35.1 Å². The van der Waals surface area contributed by atoms with Gasteiger partial charge in [-0.2, -0.15) is 0 Å². The van der Waals surface area contributed by atoms with Crippen molar-refractivity contribution in [2.75, 3.05) is 6.54 Å². The summed E-state index contributed by atoms with van der Waals surface area (Å²) in [6.07, 6.45) is 2.40. The summed E-state index contributed by atoms with van der Waals surface area (Å²) < 4.78 is 13.6. The number of rotatable bonds is 3. The number of likely N-dealkylation sites (tertiary alicyclic amines) is 1. The van der Waals surface area contributed by atoms with Gasteiger partial charge in [-0.3, -0.25) is 4.90 Å². The predicted octanol–water partition coefficient (Wildman–Crippen LogP) is 3.14. The third kappa shape index (κ3) is 3.32. The molecule has 104 valence electrons. The molecule has 0 spiro atoms. The van der Waals surface area contributed by atoms with Crippen molar-refractivity contribution < 1.29 is 14.3 Å². The standard InChI is InChI=1S/C15H20FNO2/c1-10-3-4-11(2)17(8-10)9-12-5-6-13(15(18)19)14(16)7-12/h5-7,10-11H,3-4,8-9H2,1-2H3,(H,18,19). The molecule has 1 fully saturated rings. The highest BCUT2D eigenvalue weighted by molar-refractivity contribution is 5.87. The molecule has 1 aromatic carbocycles. The second-order valence-electron chi connectivity index (χ2n) is 5.58. The molecule has 2 rings (SSSR count). The Hall–Kier alpha value is -1.42. The maximum absolute atomic E-state index is 13.6. The summed E-state index contributed by atoms with van der Waals surface area (Å²) in [6.45, 7) is 6.12. The van der Waals surface area contributed by atoms with Gasteiger partial charge in [-0.15, -0.1) is 0 Å². The van der Waals surface area contributed by atoms with Crippen LogP contribution in [-0.2, 0) is 6.54 Å². The van der Waals surface area contributed by atoms with E-state index in [1.807, 2.05) is 0 Å². The average Bonchev–Trinajstić information content (AvgIpc) is 2.33. The first-order valence-electron chi connectivity index (χ1n) is 6.73. The molecule has 1 aromatic rings. The van der Waals surface area contributed by atoms with E-state index in [1.54, 1.807) is 6.07 Å². The van der Waals surface area contributed by atoms with Crippen LogP contribution in [0.2, 0.25) is 0 Å². The fourth-order valence-corrected chi connectivity index (χ4v) is 2.67. The van der Waals surface area contributed by atoms with Crippen molar-refractivity contribution >= 4 is 5.97 Å². The molecule has 2 unspecified atom stereocenters. The topological polar surface area (TPSA) is 40.5 Å². The lowest BCUT2D eigenvalue weighted by Gasteiger charge is -2.36. The van der Waals surface area contributed by atoms with E-state index in [4.69, 9.17) is 5.11 Å². The molecule has 0 aromatic heterocycles. The Morgan fingerprint density at radius 3 is 2.79 bits per heavy atom. The Balaban J connectivity index is 2.10. The lowest BCUT2D eigenvalue weighted by molar-refractivity contribution is 0.0691. The van der Waals surface area contributed by atoms with Crippen molar-refractivity contribution in [2.24, 2.45) is 5.92 Å². The third-order valence-corrected chi connectivity index (χ3v) is 3.90. The van der Waals surface area contributed by atoms with E-state index in [9.17, 15) is 9.18 Å². The van der Waals surface area contributed by atoms with Crippen molar-refractivity contribution in [3.8, 4) is 0 Å². The molecular formula is C15H20FNO2. The lowest BCUT2D eigenvalue weighted by atomic mass is 9.94. The minimum atomic E-state index is -1.22. The van der Waals surface area contributed by atoms with Gasteiger partial charge in [0.1, 0.15) is 5.82 Å². The minimum absolute atomic E-state index is 0.260. The van der Waals surface area contributed by atoms with Gasteiger partial charge in [-0.05, 0) is 43.4 Å². The summed E-state index contributed by atoms with van der Waals surface area (Å²) in [5.74, 6) is -1.20. The number of aromatic carboxylic acids is 1. The van der Waals surface area contributed by atoms with Gasteiger partial charge in [-0.1, -0.05) is 13.0 Å². The second kappa shape index (κ2) is 5.70. The molecule has 0 amide bonds. The summed E-state index contributed by atoms with van der Waals surface area (Å²) in [6, 6.07) is 4.90. The zero-order valence-corrected chi connectivity index (χ0v) is 11.4. The van der Waals surface area contributed by atoms with Crippen LogP contribution in [-0.4, -0.2) is 28.6 Å². The smallest absolute Gasteiger partial charge is 0.338 e. The molecular weight excluding hydrogens is 245 g/mol. The van der Waals surface area contributed by atoms with Gasteiger partial charge in [0.05, 0.1) is 5.56 Å². The van der Waals surface area contributed by atoms with Crippen LogP contribution in [0.15, 0.2) is 18.2 Å². The molecule has 4 heteroatoms. The van der Waals surface area contributed by atoms with Crippen molar-refractivity contribution in [2.45, 2.75) is 39.3 Å². The highest BCUT2D eigenvalue weighted by atomic mass is 19.1. The maximum Gasteiger partial charge on any atom is 0.338 e. The number of carboxylic acids is 1. The van der Waals surface area contributed by atoms with E-state index < -0.39 is 11.8 Å². The number of carboxylic acid groups (broad SMARTS) is 1. The zero-order valence-electron chi connectivity index (χ0n) is 11.4. The molecule has 0 saturated carbocycles. The number of nitrogens with zero attached hydrogens (tertiary/aromatic N) is 1. The van der Waals surface area contributed by atoms with E-state index in [0.29, 0.717) is 18.5 Å². The lowest BCUT2D eigenvalue weighted by Crippen LogP contribution is -2.40. The Kier molecular flexibility index (Phi) is 4.20. The first kappa shape index (κ1) is 14.0. The quantitative estimate of drug-likeness (QED) is 0.912. The highest BCUT2D eigenvalue weighted by Crippen LogP contribution is 2.23. The van der Waals surface area contributed by atoms with Crippen LogP contribution in [0.4, 0.5) is 4.39 Å². The minimum Gasteiger partial charge on any atom is -0.478 e. The molecule has 1 heterocycles. The molecule has 19 heavy (non-hydrogen) atoms. The summed E-state index contributed by atoms with van der Waals surface area (Å²) in [7, 11) is 0. The van der Waals surface area contributed by atoms with Gasteiger partial charge < -0.3 is 5.11 Å². The van der Waals surface area contributed by atoms with Gasteiger partial charge in [-0.25, -0.2) is 9.18 Å². The van der Waals surface area contributed by atoms with E-state index in [-0.39, 0.29) is 5.56 Å². The number of halogens is 1. The molecule has 1 aliphatic heterocycles. The van der Waals surface area contributed by atoms with E-state index in [2.05, 4.69) is 18.7 Å². The van der Waals surface area contributed by atoms with Crippen LogP contribution in [0.1, 0.15) is 42.6 Å². The Morgan fingerprint density at radius 2 is 2.16 bits per heavy atom. The monoisotopic (exact) mass is 265 g/mol. The van der Waals surface area contributed by atoms with Gasteiger partial charge in [0.25, 0.3) is 0 Å². The van der Waals surface area contributed by atoms with Crippen LogP contribution < -0.4 is 0 Å². The molecule has 2 atom stereocenters. The fraction of sp³-hybridized carbons (Fsp3) is 0.533. The molecule has 3 nitrogen and oxygen atoms in total. The molecule has 1 saturated heterocycles. The van der Waals surface area contributed by atoms with Crippen molar-refractivity contribution in [3.63, 3.8) is 0 Å². The van der Waals surface area contributed by atoms with E-state index in [1.165, 1.54) is 18.6 Å². The van der Waals surface area contributed by atoms with Crippen LogP contribution in [0.5, 0.6) is 0 Å². The summed E-state index contributed by atoms with van der Waals surface area (Å²) >= 11 is 0. The number of hydrogen-bond acceptors (Lipinski definition) is 2. The number of carbonyl (C=O) groups is 1. The van der Waals surface area contributed by atoms with Crippen LogP contribution >= 0.6 is 0 Å². The molecule has 1 N–H and O–H groups in total. The molecule has 0 aliphatic carbocycles. The summed E-state index contributed by atoms with van der Waals surface area (Å²) in [4.78, 5) is 13.1. The summed E-state index contributed by atoms with van der Waals surface area (Å²) in [5, 5.41) is 8.80. The largest absolute Gasteiger partial charge is 0.478 e. The van der Waals surface area contributed by atoms with Crippen molar-refractivity contribution in [1.82, 2.24) is 4.90 Å². The molecule has 0 bridgehead atoms. The third-order valence-electron chi connectivity index (χ3n) is 3.90. The van der Waals surface area contributed by atoms with Crippen LogP contribution in [0, 0.1) is 11.7 Å². The van der Waals surface area contributed by atoms with Gasteiger partial charge >= 0.3 is 5.97 Å². The van der Waals surface area contributed by atoms with Crippen LogP contribution in [0.3, 0.4) is 0 Å². The first-order chi connectivity index (χ1) is 8.97. The van der Waals surface area contributed by atoms with Gasteiger partial charge in [0.2, 0.25) is 0 Å². The number of piperidine rings is 1. The first-order valence-corrected chi connectivity index (χ1v) is 6.73. The van der Waals surface area contributed by atoms with Crippen molar-refractivity contribution in [1.29, 1.82) is 0 Å². The molecule has 0 radical (unpaired) electrons. The Bertz CT molecular complexity index is 475. The fourth-order valence-electron chi connectivity index (χ4n) is 2.67. The van der Waals surface area contributed by atoms with Gasteiger partial charge in [0.15, 0.2) is 0 Å². The summed E-state index contributed by atoms with van der Waals surface area (Å²) in [5.41, 5.74) is 0.576. The number of benzene rings is 1. The number of hydrogen-bond donors (Lipinski definition) is 1.